The molecule has 0 spiro atoms. The normalized spacial score (nSPS) is 12.8. The Morgan fingerprint density at radius 1 is 1.85 bits per heavy atom. The van der Waals surface area contributed by atoms with Gasteiger partial charge in [0.2, 0.25) is 0 Å². The van der Waals surface area contributed by atoms with Gasteiger partial charge in [-0.1, -0.05) is 5.21 Å². The van der Waals surface area contributed by atoms with Crippen LogP contribution in [0.5, 0.6) is 0 Å². The van der Waals surface area contributed by atoms with Gasteiger partial charge in [-0.3, -0.25) is 4.68 Å². The number of ether oxygens (including phenoxy) is 1. The van der Waals surface area contributed by atoms with E-state index in [0.717, 1.165) is 5.69 Å². The Balaban J connectivity index is 2.67. The monoisotopic (exact) mass is 185 g/mol. The van der Waals surface area contributed by atoms with Gasteiger partial charge in [-0.05, 0) is 0 Å². The van der Waals surface area contributed by atoms with Crippen molar-refractivity contribution in [3.63, 3.8) is 0 Å². The third kappa shape index (κ3) is 2.25. The van der Waals surface area contributed by atoms with Crippen LogP contribution in [-0.2, 0) is 23.0 Å². The maximum absolute atomic E-state index is 10.6. The van der Waals surface area contributed by atoms with Gasteiger partial charge < -0.3 is 9.84 Å². The fraction of sp³-hybridized carbons (Fsp3) is 0.571. The first-order chi connectivity index (χ1) is 6.15. The molecule has 0 amide bonds. The van der Waals surface area contributed by atoms with Crippen molar-refractivity contribution in [2.75, 3.05) is 7.11 Å². The number of aromatic nitrogens is 3. The van der Waals surface area contributed by atoms with Gasteiger partial charge in [0.05, 0.1) is 11.9 Å². The number of methoxy groups -OCH3 is 1. The van der Waals surface area contributed by atoms with Gasteiger partial charge in [-0.15, -0.1) is 5.10 Å². The van der Waals surface area contributed by atoms with Crippen LogP contribution < -0.4 is 0 Å². The number of carboxylic acids is 1. The molecule has 0 aliphatic heterocycles. The van der Waals surface area contributed by atoms with Crippen molar-refractivity contribution in [2.45, 2.75) is 12.5 Å². The molecule has 1 N–H and O–H groups in total. The molecule has 6 nitrogen and oxygen atoms in total. The molecule has 72 valence electrons. The Kier molecular flexibility index (Phi) is 2.97. The van der Waals surface area contributed by atoms with Gasteiger partial charge in [-0.2, -0.15) is 0 Å². The summed E-state index contributed by atoms with van der Waals surface area (Å²) in [4.78, 5) is 10.6. The standard InChI is InChI=1S/C7H11N3O3/c1-10-5(4-8-9-10)3-6(13-2)7(11)12/h4,6H,3H2,1-2H3,(H,11,12). The highest BCUT2D eigenvalue weighted by Gasteiger charge is 2.18. The van der Waals surface area contributed by atoms with E-state index < -0.39 is 12.1 Å². The van der Waals surface area contributed by atoms with E-state index in [-0.39, 0.29) is 6.42 Å². The van der Waals surface area contributed by atoms with Gasteiger partial charge >= 0.3 is 5.97 Å². The Morgan fingerprint density at radius 2 is 2.54 bits per heavy atom. The van der Waals surface area contributed by atoms with Crippen molar-refractivity contribution in [1.29, 1.82) is 0 Å². The highest BCUT2D eigenvalue weighted by molar-refractivity contribution is 5.72. The Morgan fingerprint density at radius 3 is 2.92 bits per heavy atom. The minimum absolute atomic E-state index is 0.273. The van der Waals surface area contributed by atoms with Crippen LogP contribution >= 0.6 is 0 Å². The lowest BCUT2D eigenvalue weighted by molar-refractivity contribution is -0.148. The van der Waals surface area contributed by atoms with Gasteiger partial charge in [0.15, 0.2) is 6.10 Å². The van der Waals surface area contributed by atoms with E-state index in [9.17, 15) is 4.79 Å². The molecule has 0 fully saturated rings. The molecule has 1 unspecified atom stereocenters. The van der Waals surface area contributed by atoms with Crippen LogP contribution in [0.2, 0.25) is 0 Å². The Labute approximate surface area is 75.1 Å². The topological polar surface area (TPSA) is 77.2 Å². The van der Waals surface area contributed by atoms with Crippen molar-refractivity contribution in [2.24, 2.45) is 7.05 Å². The molecular weight excluding hydrogens is 174 g/mol. The molecule has 0 aliphatic carbocycles. The molecule has 1 rings (SSSR count). The number of hydrogen-bond acceptors (Lipinski definition) is 4. The number of rotatable bonds is 4. The van der Waals surface area contributed by atoms with Crippen LogP contribution in [-0.4, -0.2) is 39.3 Å². The molecule has 0 aliphatic rings. The first-order valence-electron chi connectivity index (χ1n) is 3.74. The fourth-order valence-electron chi connectivity index (χ4n) is 0.957. The van der Waals surface area contributed by atoms with Gasteiger partial charge in [-0.25, -0.2) is 4.79 Å². The minimum atomic E-state index is -0.983. The highest BCUT2D eigenvalue weighted by atomic mass is 16.5. The quantitative estimate of drug-likeness (QED) is 0.681. The molecule has 13 heavy (non-hydrogen) atoms. The summed E-state index contributed by atoms with van der Waals surface area (Å²) >= 11 is 0. The molecule has 1 aromatic rings. The van der Waals surface area contributed by atoms with E-state index in [2.05, 4.69) is 10.3 Å². The highest BCUT2D eigenvalue weighted by Crippen LogP contribution is 2.02. The van der Waals surface area contributed by atoms with E-state index in [1.807, 2.05) is 0 Å². The minimum Gasteiger partial charge on any atom is -0.479 e. The predicted molar refractivity (Wildman–Crippen MR) is 43.1 cm³/mol. The van der Waals surface area contributed by atoms with Crippen molar-refractivity contribution < 1.29 is 14.6 Å². The van der Waals surface area contributed by atoms with Crippen LogP contribution in [0.1, 0.15) is 5.69 Å². The molecule has 1 aromatic heterocycles. The third-order valence-corrected chi connectivity index (χ3v) is 1.76. The summed E-state index contributed by atoms with van der Waals surface area (Å²) < 4.78 is 6.29. The lowest BCUT2D eigenvalue weighted by atomic mass is 10.2. The number of aliphatic carboxylic acids is 1. The average molecular weight is 185 g/mol. The molecular formula is C7H11N3O3. The van der Waals surface area contributed by atoms with E-state index in [1.54, 1.807) is 7.05 Å². The first-order valence-corrected chi connectivity index (χ1v) is 3.74. The molecule has 6 heteroatoms. The average Bonchev–Trinajstić information content (AvgIpc) is 2.46. The van der Waals surface area contributed by atoms with E-state index >= 15 is 0 Å². The summed E-state index contributed by atoms with van der Waals surface area (Å²) in [6.45, 7) is 0. The predicted octanol–water partition coefficient (Wildman–Crippen LogP) is -0.543. The Bertz CT molecular complexity index is 297. The SMILES string of the molecule is COC(Cc1cnnn1C)C(=O)O. The van der Waals surface area contributed by atoms with E-state index in [4.69, 9.17) is 9.84 Å². The summed E-state index contributed by atoms with van der Waals surface area (Å²) in [5.41, 5.74) is 0.731. The van der Waals surface area contributed by atoms with Crippen LogP contribution in [0.3, 0.4) is 0 Å². The molecule has 0 saturated heterocycles. The zero-order chi connectivity index (χ0) is 9.84. The van der Waals surface area contributed by atoms with Crippen LogP contribution in [0.4, 0.5) is 0 Å². The summed E-state index contributed by atoms with van der Waals surface area (Å²) in [5.74, 6) is -0.983. The number of hydrogen-bond donors (Lipinski definition) is 1. The smallest absolute Gasteiger partial charge is 0.333 e. The van der Waals surface area contributed by atoms with E-state index in [0.29, 0.717) is 0 Å². The molecule has 0 saturated carbocycles. The molecule has 0 radical (unpaired) electrons. The van der Waals surface area contributed by atoms with Gasteiger partial charge in [0, 0.05) is 20.6 Å². The first kappa shape index (κ1) is 9.66. The largest absolute Gasteiger partial charge is 0.479 e. The zero-order valence-electron chi connectivity index (χ0n) is 7.47. The van der Waals surface area contributed by atoms with Crippen LogP contribution in [0.25, 0.3) is 0 Å². The Hall–Kier alpha value is -1.43. The summed E-state index contributed by atoms with van der Waals surface area (Å²) in [5, 5.41) is 16.0. The fourth-order valence-corrected chi connectivity index (χ4v) is 0.957. The van der Waals surface area contributed by atoms with Crippen molar-refractivity contribution in [3.05, 3.63) is 11.9 Å². The molecule has 1 heterocycles. The third-order valence-electron chi connectivity index (χ3n) is 1.76. The van der Waals surface area contributed by atoms with Gasteiger partial charge in [0.1, 0.15) is 0 Å². The van der Waals surface area contributed by atoms with Gasteiger partial charge in [0.25, 0.3) is 0 Å². The lowest BCUT2D eigenvalue weighted by Crippen LogP contribution is -2.25. The van der Waals surface area contributed by atoms with Crippen molar-refractivity contribution in [1.82, 2.24) is 15.0 Å². The van der Waals surface area contributed by atoms with Crippen LogP contribution in [0, 0.1) is 0 Å². The summed E-state index contributed by atoms with van der Waals surface area (Å²) in [7, 11) is 3.07. The van der Waals surface area contributed by atoms with Crippen molar-refractivity contribution >= 4 is 5.97 Å². The lowest BCUT2D eigenvalue weighted by Gasteiger charge is -2.08. The molecule has 0 bridgehead atoms. The second-order valence-electron chi connectivity index (χ2n) is 2.62. The van der Waals surface area contributed by atoms with Crippen molar-refractivity contribution in [3.8, 4) is 0 Å². The van der Waals surface area contributed by atoms with E-state index in [1.165, 1.54) is 18.0 Å². The second-order valence-corrected chi connectivity index (χ2v) is 2.62. The second kappa shape index (κ2) is 3.99. The number of carbonyl (C=O) groups is 1. The zero-order valence-corrected chi connectivity index (χ0v) is 7.47. The number of aryl methyl sites for hydroxylation is 1. The summed E-state index contributed by atoms with van der Waals surface area (Å²) in [6.07, 6.45) is 0.960. The maximum Gasteiger partial charge on any atom is 0.333 e. The summed E-state index contributed by atoms with van der Waals surface area (Å²) in [6, 6.07) is 0. The molecule has 0 aromatic carbocycles. The van der Waals surface area contributed by atoms with Crippen LogP contribution in [0.15, 0.2) is 6.20 Å². The molecule has 1 atom stereocenters. The number of nitrogens with zero attached hydrogens (tertiary/aromatic N) is 3. The maximum atomic E-state index is 10.6. The number of carboxylic acid groups (broad SMARTS) is 1.